The van der Waals surface area contributed by atoms with Crippen LogP contribution in [0.1, 0.15) is 48.2 Å². The fourth-order valence-corrected chi connectivity index (χ4v) is 2.27. The Bertz CT molecular complexity index is 454. The van der Waals surface area contributed by atoms with Crippen LogP contribution in [0.4, 0.5) is 0 Å². The van der Waals surface area contributed by atoms with E-state index in [1.807, 2.05) is 13.0 Å². The lowest BCUT2D eigenvalue weighted by Crippen LogP contribution is -2.14. The number of ketones is 1. The molecule has 0 fully saturated rings. The van der Waals surface area contributed by atoms with Gasteiger partial charge in [0.2, 0.25) is 0 Å². The molecule has 0 spiro atoms. The first-order valence-corrected chi connectivity index (χ1v) is 5.76. The summed E-state index contributed by atoms with van der Waals surface area (Å²) in [6.07, 6.45) is 3.96. The van der Waals surface area contributed by atoms with Crippen LogP contribution in [0.15, 0.2) is 0 Å². The van der Waals surface area contributed by atoms with Crippen LogP contribution in [-0.4, -0.2) is 15.3 Å². The van der Waals surface area contributed by atoms with E-state index in [9.17, 15) is 4.79 Å². The van der Waals surface area contributed by atoms with Crippen molar-refractivity contribution in [3.8, 4) is 6.07 Å². The number of nitriles is 1. The van der Waals surface area contributed by atoms with Crippen LogP contribution < -0.4 is 0 Å². The van der Waals surface area contributed by atoms with Crippen LogP contribution in [0.2, 0.25) is 0 Å². The Morgan fingerprint density at radius 3 is 3.06 bits per heavy atom. The molecule has 0 saturated carbocycles. The van der Waals surface area contributed by atoms with E-state index >= 15 is 0 Å². The number of hydrogen-bond donors (Lipinski definition) is 0. The van der Waals surface area contributed by atoms with Gasteiger partial charge in [-0.15, -0.1) is 0 Å². The maximum Gasteiger partial charge on any atom is 0.197 e. The number of imidazole rings is 1. The van der Waals surface area contributed by atoms with Crippen molar-refractivity contribution in [3.05, 3.63) is 17.2 Å². The lowest BCUT2D eigenvalue weighted by Gasteiger charge is -2.16. The Morgan fingerprint density at radius 2 is 2.38 bits per heavy atom. The van der Waals surface area contributed by atoms with Crippen LogP contribution in [0.25, 0.3) is 0 Å². The van der Waals surface area contributed by atoms with E-state index in [1.54, 1.807) is 0 Å². The molecule has 0 unspecified atom stereocenters. The molecule has 0 atom stereocenters. The Morgan fingerprint density at radius 1 is 1.56 bits per heavy atom. The largest absolute Gasteiger partial charge is 0.331 e. The van der Waals surface area contributed by atoms with E-state index in [4.69, 9.17) is 5.26 Å². The number of hydrogen-bond acceptors (Lipinski definition) is 3. The number of fused-ring (bicyclic) bond motifs is 1. The summed E-state index contributed by atoms with van der Waals surface area (Å²) in [5.74, 6) is 0.851. The molecule has 0 aromatic carbocycles. The van der Waals surface area contributed by atoms with Crippen LogP contribution in [-0.2, 0) is 19.4 Å². The zero-order chi connectivity index (χ0) is 11.5. The first-order valence-electron chi connectivity index (χ1n) is 5.76. The molecular weight excluding hydrogens is 202 g/mol. The highest BCUT2D eigenvalue weighted by Gasteiger charge is 2.22. The van der Waals surface area contributed by atoms with Gasteiger partial charge in [-0.25, -0.2) is 4.98 Å². The van der Waals surface area contributed by atoms with Gasteiger partial charge in [-0.2, -0.15) is 5.26 Å². The number of Topliss-reactive ketones (excluding diaryl/α,β-unsaturated/α-hetero) is 1. The van der Waals surface area contributed by atoms with Gasteiger partial charge in [0.25, 0.3) is 0 Å². The molecule has 0 bridgehead atoms. The molecular formula is C12H15N3O. The molecule has 1 aliphatic rings. The topological polar surface area (TPSA) is 58.7 Å². The smallest absolute Gasteiger partial charge is 0.197 e. The predicted molar refractivity (Wildman–Crippen MR) is 59.1 cm³/mol. The van der Waals surface area contributed by atoms with Crippen LogP contribution in [0.3, 0.4) is 0 Å². The molecule has 1 aromatic heterocycles. The highest BCUT2D eigenvalue weighted by molar-refractivity contribution is 5.96. The Balaban J connectivity index is 2.42. The standard InChI is InChI=1S/C12H15N3O/c1-2-11-14-12(10(16)6-7-13)9-5-3-4-8-15(9)11/h2-6,8H2,1H3. The molecule has 1 aliphatic heterocycles. The molecule has 0 N–H and O–H groups in total. The summed E-state index contributed by atoms with van der Waals surface area (Å²) in [4.78, 5) is 16.1. The van der Waals surface area contributed by atoms with Crippen molar-refractivity contribution in [1.29, 1.82) is 5.26 Å². The molecule has 84 valence electrons. The number of carbonyl (C=O) groups is 1. The second-order valence-electron chi connectivity index (χ2n) is 4.04. The SMILES string of the molecule is CCc1nc(C(=O)CC#N)c2n1CCCC2. The summed E-state index contributed by atoms with van der Waals surface area (Å²) in [6, 6.07) is 1.90. The number of aryl methyl sites for hydroxylation is 1. The van der Waals surface area contributed by atoms with Gasteiger partial charge in [0.1, 0.15) is 17.9 Å². The molecule has 0 saturated heterocycles. The monoisotopic (exact) mass is 217 g/mol. The lowest BCUT2D eigenvalue weighted by atomic mass is 10.1. The van der Waals surface area contributed by atoms with Gasteiger partial charge in [0.05, 0.1) is 6.07 Å². The fraction of sp³-hybridized carbons (Fsp3) is 0.583. The summed E-state index contributed by atoms with van der Waals surface area (Å²) >= 11 is 0. The zero-order valence-electron chi connectivity index (χ0n) is 9.49. The maximum atomic E-state index is 11.7. The quantitative estimate of drug-likeness (QED) is 0.726. The third-order valence-electron chi connectivity index (χ3n) is 3.02. The van der Waals surface area contributed by atoms with Crippen molar-refractivity contribution in [2.75, 3.05) is 0 Å². The second kappa shape index (κ2) is 4.48. The number of aromatic nitrogens is 2. The average molecular weight is 217 g/mol. The van der Waals surface area contributed by atoms with E-state index in [0.29, 0.717) is 5.69 Å². The molecule has 0 radical (unpaired) electrons. The van der Waals surface area contributed by atoms with Crippen molar-refractivity contribution in [2.24, 2.45) is 0 Å². The van der Waals surface area contributed by atoms with Gasteiger partial charge < -0.3 is 4.57 Å². The van der Waals surface area contributed by atoms with Gasteiger partial charge in [-0.3, -0.25) is 4.79 Å². The molecule has 0 aliphatic carbocycles. The number of nitrogens with zero attached hydrogens (tertiary/aromatic N) is 3. The normalized spacial score (nSPS) is 14.2. The number of carbonyl (C=O) groups excluding carboxylic acids is 1. The summed E-state index contributed by atoms with van der Waals surface area (Å²) in [5, 5.41) is 8.56. The van der Waals surface area contributed by atoms with Crippen LogP contribution in [0.5, 0.6) is 0 Å². The first-order chi connectivity index (χ1) is 7.77. The van der Waals surface area contributed by atoms with E-state index in [2.05, 4.69) is 9.55 Å². The van der Waals surface area contributed by atoms with Crippen molar-refractivity contribution in [1.82, 2.24) is 9.55 Å². The predicted octanol–water partition coefficient (Wildman–Crippen LogP) is 1.88. The van der Waals surface area contributed by atoms with E-state index < -0.39 is 0 Å². The molecule has 0 amide bonds. The minimum absolute atomic E-state index is 0.0623. The Hall–Kier alpha value is -1.63. The highest BCUT2D eigenvalue weighted by atomic mass is 16.1. The van der Waals surface area contributed by atoms with Crippen LogP contribution in [0, 0.1) is 11.3 Å². The van der Waals surface area contributed by atoms with Gasteiger partial charge in [0.15, 0.2) is 5.78 Å². The third-order valence-corrected chi connectivity index (χ3v) is 3.02. The zero-order valence-corrected chi connectivity index (χ0v) is 9.49. The molecule has 16 heavy (non-hydrogen) atoms. The van der Waals surface area contributed by atoms with Crippen molar-refractivity contribution in [3.63, 3.8) is 0 Å². The molecule has 2 rings (SSSR count). The minimum atomic E-state index is -0.132. The van der Waals surface area contributed by atoms with E-state index in [1.165, 1.54) is 0 Å². The first kappa shape index (κ1) is 10.9. The summed E-state index contributed by atoms with van der Waals surface area (Å²) < 4.78 is 2.16. The minimum Gasteiger partial charge on any atom is -0.331 e. The van der Waals surface area contributed by atoms with Crippen molar-refractivity contribution < 1.29 is 4.79 Å². The summed E-state index contributed by atoms with van der Waals surface area (Å²) in [5.41, 5.74) is 1.58. The van der Waals surface area contributed by atoms with Gasteiger partial charge >= 0.3 is 0 Å². The highest BCUT2D eigenvalue weighted by Crippen LogP contribution is 2.22. The second-order valence-corrected chi connectivity index (χ2v) is 4.04. The van der Waals surface area contributed by atoms with Gasteiger partial charge in [-0.05, 0) is 19.3 Å². The van der Waals surface area contributed by atoms with Crippen LogP contribution >= 0.6 is 0 Å². The summed E-state index contributed by atoms with van der Waals surface area (Å²) in [6.45, 7) is 3.01. The Kier molecular flexibility index (Phi) is 3.04. The average Bonchev–Trinajstić information content (AvgIpc) is 2.68. The fourth-order valence-electron chi connectivity index (χ4n) is 2.27. The molecule has 1 aromatic rings. The van der Waals surface area contributed by atoms with Crippen molar-refractivity contribution >= 4 is 5.78 Å². The van der Waals surface area contributed by atoms with Crippen molar-refractivity contribution in [2.45, 2.75) is 45.6 Å². The molecule has 4 heteroatoms. The third kappa shape index (κ3) is 1.73. The number of rotatable bonds is 3. The summed E-state index contributed by atoms with van der Waals surface area (Å²) in [7, 11) is 0. The Labute approximate surface area is 94.9 Å². The van der Waals surface area contributed by atoms with E-state index in [0.717, 1.165) is 43.7 Å². The molecule has 2 heterocycles. The van der Waals surface area contributed by atoms with Gasteiger partial charge in [-0.1, -0.05) is 6.92 Å². The maximum absolute atomic E-state index is 11.7. The van der Waals surface area contributed by atoms with Gasteiger partial charge in [0, 0.05) is 18.7 Å². The molecule has 4 nitrogen and oxygen atoms in total. The van der Waals surface area contributed by atoms with E-state index in [-0.39, 0.29) is 12.2 Å². The lowest BCUT2D eigenvalue weighted by molar-refractivity contribution is 0.0992.